The van der Waals surface area contributed by atoms with Crippen LogP contribution in [0.3, 0.4) is 0 Å². The van der Waals surface area contributed by atoms with E-state index in [1.807, 2.05) is 4.68 Å². The van der Waals surface area contributed by atoms with Crippen molar-refractivity contribution in [2.24, 2.45) is 5.92 Å². The molecule has 0 aliphatic rings. The molecule has 0 amide bonds. The molecule has 1 heterocycles. The predicted octanol–water partition coefficient (Wildman–Crippen LogP) is 1.33. The van der Waals surface area contributed by atoms with Gasteiger partial charge in [-0.05, 0) is 25.8 Å². The zero-order valence-corrected chi connectivity index (χ0v) is 11.9. The summed E-state index contributed by atoms with van der Waals surface area (Å²) in [4.78, 5) is 0. The van der Waals surface area contributed by atoms with Gasteiger partial charge in [0, 0.05) is 20.2 Å². The van der Waals surface area contributed by atoms with E-state index >= 15 is 0 Å². The van der Waals surface area contributed by atoms with Gasteiger partial charge in [-0.15, -0.1) is 0 Å². The molecule has 5 heteroatoms. The normalized spacial score (nSPS) is 12.7. The molecule has 1 unspecified atom stereocenters. The number of nitrogens with one attached hydrogen (secondary N) is 1. The first kappa shape index (κ1) is 15.0. The Hall–Kier alpha value is -1.07. The molecule has 0 aliphatic heterocycles. The van der Waals surface area contributed by atoms with Crippen LogP contribution in [0, 0.1) is 5.92 Å². The smallest absolute Gasteiger partial charge is 0.159 e. The average Bonchev–Trinajstić information content (AvgIpc) is 2.76. The fraction of sp³-hybridized carbons (Fsp3) is 0.769. The van der Waals surface area contributed by atoms with Crippen LogP contribution in [0.15, 0.2) is 6.20 Å². The Morgan fingerprint density at radius 1 is 1.44 bits per heavy atom. The van der Waals surface area contributed by atoms with Crippen LogP contribution in [-0.4, -0.2) is 43.7 Å². The summed E-state index contributed by atoms with van der Waals surface area (Å²) in [5, 5.41) is 7.70. The van der Waals surface area contributed by atoms with Gasteiger partial charge in [-0.2, -0.15) is 5.10 Å². The first-order chi connectivity index (χ1) is 8.72. The van der Waals surface area contributed by atoms with Gasteiger partial charge in [-0.25, -0.2) is 0 Å². The van der Waals surface area contributed by atoms with Gasteiger partial charge in [-0.3, -0.25) is 4.68 Å². The second-order valence-electron chi connectivity index (χ2n) is 4.48. The SMILES string of the molecule is CCn1ncc(OC)c1CC(C)CNCCOC. The van der Waals surface area contributed by atoms with Gasteiger partial charge in [0.1, 0.15) is 0 Å². The highest BCUT2D eigenvalue weighted by Gasteiger charge is 2.13. The molecule has 5 nitrogen and oxygen atoms in total. The van der Waals surface area contributed by atoms with Crippen molar-refractivity contribution in [3.05, 3.63) is 11.9 Å². The maximum Gasteiger partial charge on any atom is 0.159 e. The molecule has 0 saturated carbocycles. The van der Waals surface area contributed by atoms with Crippen LogP contribution >= 0.6 is 0 Å². The predicted molar refractivity (Wildman–Crippen MR) is 72.1 cm³/mol. The lowest BCUT2D eigenvalue weighted by molar-refractivity contribution is 0.198. The van der Waals surface area contributed by atoms with Gasteiger partial charge < -0.3 is 14.8 Å². The number of rotatable bonds is 9. The number of hydrogen-bond acceptors (Lipinski definition) is 4. The van der Waals surface area contributed by atoms with Crippen molar-refractivity contribution in [3.8, 4) is 5.75 Å². The minimum Gasteiger partial charge on any atom is -0.493 e. The first-order valence-electron chi connectivity index (χ1n) is 6.51. The highest BCUT2D eigenvalue weighted by molar-refractivity contribution is 5.25. The van der Waals surface area contributed by atoms with Crippen molar-refractivity contribution in [2.75, 3.05) is 33.9 Å². The third-order valence-corrected chi connectivity index (χ3v) is 2.95. The van der Waals surface area contributed by atoms with Crippen molar-refractivity contribution in [3.63, 3.8) is 0 Å². The van der Waals surface area contributed by atoms with E-state index in [1.54, 1.807) is 20.4 Å². The lowest BCUT2D eigenvalue weighted by atomic mass is 10.1. The van der Waals surface area contributed by atoms with Crippen molar-refractivity contribution in [2.45, 2.75) is 26.8 Å². The van der Waals surface area contributed by atoms with E-state index in [-0.39, 0.29) is 0 Å². The van der Waals surface area contributed by atoms with E-state index in [9.17, 15) is 0 Å². The highest BCUT2D eigenvalue weighted by atomic mass is 16.5. The molecule has 1 aromatic heterocycles. The molecule has 0 aliphatic carbocycles. The number of ether oxygens (including phenoxy) is 2. The molecular formula is C13H25N3O2. The molecule has 104 valence electrons. The quantitative estimate of drug-likeness (QED) is 0.676. The number of methoxy groups -OCH3 is 2. The Bertz CT molecular complexity index is 317. The summed E-state index contributed by atoms with van der Waals surface area (Å²) in [6, 6.07) is 0. The molecule has 1 N–H and O–H groups in total. The minimum absolute atomic E-state index is 0.540. The summed E-state index contributed by atoms with van der Waals surface area (Å²) in [5.74, 6) is 1.43. The van der Waals surface area contributed by atoms with Crippen LogP contribution in [0.5, 0.6) is 5.75 Å². The second kappa shape index (κ2) is 8.11. The number of aryl methyl sites for hydroxylation is 1. The van der Waals surface area contributed by atoms with Gasteiger partial charge in [0.2, 0.25) is 0 Å². The van der Waals surface area contributed by atoms with Crippen LogP contribution < -0.4 is 10.1 Å². The van der Waals surface area contributed by atoms with Gasteiger partial charge in [0.05, 0.1) is 25.6 Å². The maximum atomic E-state index is 5.35. The standard InChI is InChI=1S/C13H25N3O2/c1-5-16-12(13(18-4)10-15-16)8-11(2)9-14-6-7-17-3/h10-11,14H,5-9H2,1-4H3. The summed E-state index contributed by atoms with van der Waals surface area (Å²) >= 11 is 0. The van der Waals surface area contributed by atoms with Gasteiger partial charge >= 0.3 is 0 Å². The van der Waals surface area contributed by atoms with E-state index < -0.39 is 0 Å². The Labute approximate surface area is 109 Å². The lowest BCUT2D eigenvalue weighted by Gasteiger charge is -2.14. The molecule has 0 spiro atoms. The summed E-state index contributed by atoms with van der Waals surface area (Å²) in [7, 11) is 3.41. The van der Waals surface area contributed by atoms with Crippen LogP contribution in [-0.2, 0) is 17.7 Å². The summed E-state index contributed by atoms with van der Waals surface area (Å²) in [6.07, 6.45) is 2.76. The Morgan fingerprint density at radius 2 is 2.22 bits per heavy atom. The third-order valence-electron chi connectivity index (χ3n) is 2.95. The molecule has 0 aromatic carbocycles. The van der Waals surface area contributed by atoms with E-state index in [2.05, 4.69) is 24.3 Å². The molecule has 0 fully saturated rings. The molecule has 1 aromatic rings. The van der Waals surface area contributed by atoms with Crippen molar-refractivity contribution >= 4 is 0 Å². The van der Waals surface area contributed by atoms with E-state index in [0.717, 1.165) is 38.4 Å². The lowest BCUT2D eigenvalue weighted by Crippen LogP contribution is -2.26. The van der Waals surface area contributed by atoms with Gasteiger partial charge in [-0.1, -0.05) is 6.92 Å². The molecule has 0 radical (unpaired) electrons. The zero-order chi connectivity index (χ0) is 13.4. The van der Waals surface area contributed by atoms with E-state index in [1.165, 1.54) is 5.69 Å². The van der Waals surface area contributed by atoms with Crippen molar-refractivity contribution in [1.82, 2.24) is 15.1 Å². The van der Waals surface area contributed by atoms with E-state index in [4.69, 9.17) is 9.47 Å². The van der Waals surface area contributed by atoms with Crippen LogP contribution in [0.4, 0.5) is 0 Å². The van der Waals surface area contributed by atoms with E-state index in [0.29, 0.717) is 5.92 Å². The summed E-state index contributed by atoms with van der Waals surface area (Å²) < 4.78 is 12.4. The fourth-order valence-corrected chi connectivity index (χ4v) is 1.97. The topological polar surface area (TPSA) is 48.3 Å². The average molecular weight is 255 g/mol. The minimum atomic E-state index is 0.540. The van der Waals surface area contributed by atoms with Crippen molar-refractivity contribution < 1.29 is 9.47 Å². The first-order valence-corrected chi connectivity index (χ1v) is 6.51. The van der Waals surface area contributed by atoms with Gasteiger partial charge in [0.25, 0.3) is 0 Å². The molecule has 1 rings (SSSR count). The van der Waals surface area contributed by atoms with Crippen LogP contribution in [0.1, 0.15) is 19.5 Å². The molecule has 18 heavy (non-hydrogen) atoms. The molecule has 1 atom stereocenters. The summed E-state index contributed by atoms with van der Waals surface area (Å²) in [6.45, 7) is 7.82. The highest BCUT2D eigenvalue weighted by Crippen LogP contribution is 2.20. The second-order valence-corrected chi connectivity index (χ2v) is 4.48. The number of hydrogen-bond donors (Lipinski definition) is 1. The largest absolute Gasteiger partial charge is 0.493 e. The number of aromatic nitrogens is 2. The molecule has 0 saturated heterocycles. The van der Waals surface area contributed by atoms with Crippen LogP contribution in [0.25, 0.3) is 0 Å². The third kappa shape index (κ3) is 4.31. The Balaban J connectivity index is 2.47. The molecular weight excluding hydrogens is 230 g/mol. The fourth-order valence-electron chi connectivity index (χ4n) is 1.97. The maximum absolute atomic E-state index is 5.35. The Kier molecular flexibility index (Phi) is 6.75. The monoisotopic (exact) mass is 255 g/mol. The van der Waals surface area contributed by atoms with Crippen molar-refractivity contribution in [1.29, 1.82) is 0 Å². The van der Waals surface area contributed by atoms with Gasteiger partial charge in [0.15, 0.2) is 5.75 Å². The molecule has 0 bridgehead atoms. The number of nitrogens with zero attached hydrogens (tertiary/aromatic N) is 2. The zero-order valence-electron chi connectivity index (χ0n) is 11.9. The summed E-state index contributed by atoms with van der Waals surface area (Å²) in [5.41, 5.74) is 1.18. The Morgan fingerprint density at radius 3 is 2.83 bits per heavy atom. The van der Waals surface area contributed by atoms with Crippen LogP contribution in [0.2, 0.25) is 0 Å².